The van der Waals surface area contributed by atoms with Gasteiger partial charge in [-0.3, -0.25) is 9.78 Å². The number of hydrogen-bond donors (Lipinski definition) is 2. The molecule has 0 saturated heterocycles. The molecule has 0 bridgehead atoms. The number of methoxy groups -OCH3 is 1. The second-order valence-electron chi connectivity index (χ2n) is 10.6. The molecule has 1 fully saturated rings. The molecule has 2 heterocycles. The van der Waals surface area contributed by atoms with Gasteiger partial charge in [-0.15, -0.1) is 0 Å². The number of nitrogens with zero attached hydrogens (tertiary/aromatic N) is 2. The Morgan fingerprint density at radius 1 is 1.05 bits per heavy atom. The number of amides is 1. The van der Waals surface area contributed by atoms with Crippen LogP contribution in [-0.2, 0) is 17.8 Å². The number of carbonyl (C=O) groups excluding carboxylic acids is 1. The van der Waals surface area contributed by atoms with E-state index >= 15 is 0 Å². The van der Waals surface area contributed by atoms with Crippen LogP contribution in [0.4, 0.5) is 0 Å². The minimum Gasteiger partial charge on any atom is -0.484 e. The maximum Gasteiger partial charge on any atom is 0.273 e. The zero-order valence-electron chi connectivity index (χ0n) is 23.6. The molecular weight excluding hydrogens is 514 g/mol. The van der Waals surface area contributed by atoms with Crippen molar-refractivity contribution in [1.82, 2.24) is 15.3 Å². The van der Waals surface area contributed by atoms with Gasteiger partial charge < -0.3 is 19.9 Å². The number of benzene rings is 2. The van der Waals surface area contributed by atoms with Gasteiger partial charge in [-0.05, 0) is 67.7 Å². The van der Waals surface area contributed by atoms with Gasteiger partial charge in [0, 0.05) is 25.2 Å². The summed E-state index contributed by atoms with van der Waals surface area (Å²) < 4.78 is 11.4. The topological polar surface area (TPSA) is 93.6 Å². The molecule has 7 nitrogen and oxygen atoms in total. The van der Waals surface area contributed by atoms with Gasteiger partial charge in [0.2, 0.25) is 0 Å². The van der Waals surface area contributed by atoms with Crippen LogP contribution in [0.5, 0.6) is 5.75 Å². The molecule has 0 unspecified atom stereocenters. The number of aromatic nitrogens is 2. The molecule has 41 heavy (non-hydrogen) atoms. The smallest absolute Gasteiger partial charge is 0.273 e. The number of fused-ring (bicyclic) bond motifs is 1. The Balaban J connectivity index is 1.62. The largest absolute Gasteiger partial charge is 0.484 e. The first-order chi connectivity index (χ1) is 19.9. The van der Waals surface area contributed by atoms with E-state index in [1.165, 1.54) is 5.56 Å². The molecule has 0 atom stereocenters. The van der Waals surface area contributed by atoms with Gasteiger partial charge >= 0.3 is 0 Å². The lowest BCUT2D eigenvalue weighted by atomic mass is 10.0. The van der Waals surface area contributed by atoms with E-state index in [-0.39, 0.29) is 12.3 Å². The first kappa shape index (κ1) is 28.3. The second kappa shape index (κ2) is 12.9. The highest BCUT2D eigenvalue weighted by Crippen LogP contribution is 2.32. The van der Waals surface area contributed by atoms with Crippen LogP contribution in [0.15, 0.2) is 66.9 Å². The third-order valence-electron chi connectivity index (χ3n) is 7.26. The van der Waals surface area contributed by atoms with Crippen molar-refractivity contribution in [1.29, 1.82) is 0 Å². The van der Waals surface area contributed by atoms with Crippen LogP contribution in [0.25, 0.3) is 10.9 Å². The van der Waals surface area contributed by atoms with Gasteiger partial charge in [-0.1, -0.05) is 66.1 Å². The molecule has 1 saturated carbocycles. The average Bonchev–Trinajstić information content (AvgIpc) is 3.43. The fraction of sp³-hybridized carbons (Fsp3) is 0.324. The quantitative estimate of drug-likeness (QED) is 0.222. The fourth-order valence-corrected chi connectivity index (χ4v) is 4.97. The number of hydrogen-bond acceptors (Lipinski definition) is 6. The van der Waals surface area contributed by atoms with E-state index in [9.17, 15) is 9.90 Å². The van der Waals surface area contributed by atoms with Gasteiger partial charge in [0.05, 0.1) is 6.61 Å². The molecule has 1 amide bonds. The number of aryl methyl sites for hydroxylation is 1. The van der Waals surface area contributed by atoms with Crippen molar-refractivity contribution in [2.45, 2.75) is 51.2 Å². The number of aliphatic hydroxyl groups is 1. The molecule has 2 aromatic heterocycles. The summed E-state index contributed by atoms with van der Waals surface area (Å²) in [7, 11) is 1.58. The number of pyridine rings is 2. The zero-order valence-corrected chi connectivity index (χ0v) is 23.6. The van der Waals surface area contributed by atoms with Crippen molar-refractivity contribution >= 4 is 16.8 Å². The number of carbonyl (C=O) groups is 1. The number of rotatable bonds is 9. The lowest BCUT2D eigenvalue weighted by Crippen LogP contribution is -2.28. The molecule has 0 aliphatic heterocycles. The van der Waals surface area contributed by atoms with Crippen LogP contribution in [0, 0.1) is 18.8 Å². The minimum absolute atomic E-state index is 0.103. The van der Waals surface area contributed by atoms with Crippen molar-refractivity contribution in [3.63, 3.8) is 0 Å². The number of ether oxygens (including phenoxy) is 2. The van der Waals surface area contributed by atoms with Crippen LogP contribution < -0.4 is 10.1 Å². The highest BCUT2D eigenvalue weighted by Gasteiger charge is 2.29. The summed E-state index contributed by atoms with van der Waals surface area (Å²) in [6, 6.07) is 20.2. The van der Waals surface area contributed by atoms with Crippen molar-refractivity contribution in [3.05, 3.63) is 101 Å². The molecule has 1 aliphatic carbocycles. The Labute approximate surface area is 241 Å². The fourth-order valence-electron chi connectivity index (χ4n) is 4.97. The summed E-state index contributed by atoms with van der Waals surface area (Å²) in [4.78, 5) is 22.9. The van der Waals surface area contributed by atoms with E-state index in [0.29, 0.717) is 54.8 Å². The van der Waals surface area contributed by atoms with Crippen LogP contribution >= 0.6 is 0 Å². The highest BCUT2D eigenvalue weighted by atomic mass is 16.5. The summed E-state index contributed by atoms with van der Waals surface area (Å²) in [6.45, 7) is 2.99. The summed E-state index contributed by atoms with van der Waals surface area (Å²) in [5, 5.41) is 14.5. The van der Waals surface area contributed by atoms with Crippen molar-refractivity contribution < 1.29 is 19.4 Å². The van der Waals surface area contributed by atoms with Gasteiger partial charge in [0.1, 0.15) is 23.4 Å². The van der Waals surface area contributed by atoms with E-state index in [4.69, 9.17) is 19.4 Å². The summed E-state index contributed by atoms with van der Waals surface area (Å²) >= 11 is 0. The molecule has 2 N–H and O–H groups in total. The predicted molar refractivity (Wildman–Crippen MR) is 159 cm³/mol. The third kappa shape index (κ3) is 7.10. The Morgan fingerprint density at radius 3 is 2.54 bits per heavy atom. The first-order valence-electron chi connectivity index (χ1n) is 14.0. The van der Waals surface area contributed by atoms with E-state index in [2.05, 4.69) is 48.3 Å². The standard InChI is InChI=1S/C34H35N3O4/c1-24-10-12-25(13-11-24)20-27-21-28-29(14-17-34(39)15-6-7-16-34)37-31(33(38)35-18-19-40-2)32(30(28)36-22-27)41-23-26-8-4-3-5-9-26/h3-5,8-13,21-22,39H,6-7,15-16,18-20,23H2,1-2H3,(H,35,38). The summed E-state index contributed by atoms with van der Waals surface area (Å²) in [6.07, 6.45) is 5.60. The zero-order chi connectivity index (χ0) is 28.7. The molecule has 4 aromatic rings. The molecule has 1 aliphatic rings. The SMILES string of the molecule is COCCNC(=O)c1nc(C#CC2(O)CCCC2)c2cc(Cc3ccc(C)cc3)cnc2c1OCc1ccccc1. The highest BCUT2D eigenvalue weighted by molar-refractivity contribution is 6.02. The van der Waals surface area contributed by atoms with Crippen LogP contribution in [-0.4, -0.2) is 46.8 Å². The van der Waals surface area contributed by atoms with E-state index in [1.54, 1.807) is 7.11 Å². The first-order valence-corrected chi connectivity index (χ1v) is 14.0. The second-order valence-corrected chi connectivity index (χ2v) is 10.6. The maximum atomic E-state index is 13.4. The third-order valence-corrected chi connectivity index (χ3v) is 7.26. The summed E-state index contributed by atoms with van der Waals surface area (Å²) in [5.41, 5.74) is 4.24. The molecule has 7 heteroatoms. The van der Waals surface area contributed by atoms with E-state index in [0.717, 1.165) is 29.5 Å². The van der Waals surface area contributed by atoms with Gasteiger partial charge in [-0.2, -0.15) is 0 Å². The minimum atomic E-state index is -1.05. The van der Waals surface area contributed by atoms with Gasteiger partial charge in [-0.25, -0.2) is 4.98 Å². The molecule has 5 rings (SSSR count). The molecular formula is C34H35N3O4. The molecule has 2 aromatic carbocycles. The lowest BCUT2D eigenvalue weighted by Gasteiger charge is -2.16. The van der Waals surface area contributed by atoms with Crippen molar-refractivity contribution in [2.75, 3.05) is 20.3 Å². The number of nitrogens with one attached hydrogen (secondary N) is 1. The van der Waals surface area contributed by atoms with Gasteiger partial charge in [0.25, 0.3) is 5.91 Å². The molecule has 0 radical (unpaired) electrons. The average molecular weight is 550 g/mol. The van der Waals surface area contributed by atoms with E-state index in [1.807, 2.05) is 42.6 Å². The van der Waals surface area contributed by atoms with Crippen LogP contribution in [0.3, 0.4) is 0 Å². The predicted octanol–water partition coefficient (Wildman–Crippen LogP) is 5.14. The lowest BCUT2D eigenvalue weighted by molar-refractivity contribution is 0.0927. The molecule has 210 valence electrons. The Morgan fingerprint density at radius 2 is 1.80 bits per heavy atom. The van der Waals surface area contributed by atoms with Crippen molar-refractivity contribution in [3.8, 4) is 17.6 Å². The molecule has 0 spiro atoms. The summed E-state index contributed by atoms with van der Waals surface area (Å²) in [5.74, 6) is 6.08. The van der Waals surface area contributed by atoms with Crippen LogP contribution in [0.2, 0.25) is 0 Å². The Bertz CT molecular complexity index is 1570. The van der Waals surface area contributed by atoms with Crippen molar-refractivity contribution in [2.24, 2.45) is 0 Å². The Kier molecular flexibility index (Phi) is 8.93. The van der Waals surface area contributed by atoms with Gasteiger partial charge in [0.15, 0.2) is 11.4 Å². The normalized spacial score (nSPS) is 13.9. The monoisotopic (exact) mass is 549 g/mol. The maximum absolute atomic E-state index is 13.4. The van der Waals surface area contributed by atoms with E-state index < -0.39 is 11.5 Å². The van der Waals surface area contributed by atoms with Crippen LogP contribution in [0.1, 0.15) is 64.1 Å². The Hall–Kier alpha value is -4.25.